The molecule has 0 aliphatic carbocycles. The number of hydrogen-bond donors (Lipinski definition) is 1. The molecule has 6 nitrogen and oxygen atoms in total. The van der Waals surface area contributed by atoms with Crippen LogP contribution >= 0.6 is 12.4 Å². The highest BCUT2D eigenvalue weighted by molar-refractivity contribution is 5.85. The monoisotopic (exact) mass is 259 g/mol. The number of rotatable bonds is 3. The molecule has 0 amide bonds. The van der Waals surface area contributed by atoms with E-state index in [1.807, 2.05) is 0 Å². The van der Waals surface area contributed by atoms with Crippen LogP contribution in [0.1, 0.15) is 12.8 Å². The van der Waals surface area contributed by atoms with Crippen LogP contribution in [0.5, 0.6) is 5.88 Å². The number of nitrogens with one attached hydrogen (secondary N) is 1. The zero-order valence-corrected chi connectivity index (χ0v) is 9.98. The topological polar surface area (TPSA) is 77.3 Å². The zero-order chi connectivity index (χ0) is 11.4. The molecule has 2 rings (SSSR count). The van der Waals surface area contributed by atoms with Crippen LogP contribution < -0.4 is 10.1 Å². The van der Waals surface area contributed by atoms with Crippen molar-refractivity contribution in [2.45, 2.75) is 18.9 Å². The van der Waals surface area contributed by atoms with E-state index >= 15 is 0 Å². The van der Waals surface area contributed by atoms with Crippen LogP contribution in [0.3, 0.4) is 0 Å². The number of piperidine rings is 1. The maximum absolute atomic E-state index is 10.4. The molecular weight excluding hydrogens is 246 g/mol. The van der Waals surface area contributed by atoms with Crippen molar-refractivity contribution in [1.82, 2.24) is 10.3 Å². The molecule has 1 fully saturated rings. The molecule has 0 spiro atoms. The highest BCUT2D eigenvalue weighted by atomic mass is 35.5. The van der Waals surface area contributed by atoms with Gasteiger partial charge in [0.1, 0.15) is 12.3 Å². The molecule has 2 heterocycles. The first kappa shape index (κ1) is 13.7. The minimum absolute atomic E-state index is 0. The van der Waals surface area contributed by atoms with E-state index < -0.39 is 4.92 Å². The Kier molecular flexibility index (Phi) is 5.11. The molecule has 0 bridgehead atoms. The molecule has 0 aromatic carbocycles. The molecular formula is C10H14ClN3O3. The van der Waals surface area contributed by atoms with Gasteiger partial charge in [-0.1, -0.05) is 0 Å². The number of halogens is 1. The third kappa shape index (κ3) is 3.83. The van der Waals surface area contributed by atoms with E-state index in [9.17, 15) is 10.1 Å². The maximum atomic E-state index is 10.4. The molecule has 94 valence electrons. The van der Waals surface area contributed by atoms with Crippen LogP contribution in [0.4, 0.5) is 5.69 Å². The average molecular weight is 260 g/mol. The molecule has 1 atom stereocenters. The third-order valence-electron chi connectivity index (χ3n) is 2.47. The maximum Gasteiger partial charge on any atom is 0.287 e. The lowest BCUT2D eigenvalue weighted by Gasteiger charge is -2.23. The standard InChI is InChI=1S/C10H13N3O3.ClH/c14-13(15)8-3-4-10(12-6-8)16-9-2-1-5-11-7-9;/h3-4,6,9,11H,1-2,5,7H2;1H/t9-;/m1./s1. The summed E-state index contributed by atoms with van der Waals surface area (Å²) in [7, 11) is 0. The Bertz CT molecular complexity index is 366. The SMILES string of the molecule is Cl.O=[N+]([O-])c1ccc(O[C@@H]2CCCNC2)nc1. The summed E-state index contributed by atoms with van der Waals surface area (Å²) < 4.78 is 5.59. The van der Waals surface area contributed by atoms with Crippen molar-refractivity contribution in [3.63, 3.8) is 0 Å². The minimum atomic E-state index is -0.473. The number of nitro groups is 1. The van der Waals surface area contributed by atoms with Crippen LogP contribution in [-0.4, -0.2) is 29.1 Å². The van der Waals surface area contributed by atoms with E-state index in [-0.39, 0.29) is 24.2 Å². The lowest BCUT2D eigenvalue weighted by molar-refractivity contribution is -0.385. The van der Waals surface area contributed by atoms with Gasteiger partial charge in [-0.3, -0.25) is 10.1 Å². The zero-order valence-electron chi connectivity index (χ0n) is 9.17. The first-order chi connectivity index (χ1) is 7.75. The van der Waals surface area contributed by atoms with Crippen LogP contribution in [0, 0.1) is 10.1 Å². The van der Waals surface area contributed by atoms with E-state index in [0.717, 1.165) is 25.9 Å². The summed E-state index contributed by atoms with van der Waals surface area (Å²) in [6.45, 7) is 1.83. The summed E-state index contributed by atoms with van der Waals surface area (Å²) in [5, 5.41) is 13.6. The first-order valence-corrected chi connectivity index (χ1v) is 5.23. The van der Waals surface area contributed by atoms with Gasteiger partial charge < -0.3 is 10.1 Å². The van der Waals surface area contributed by atoms with Gasteiger partial charge >= 0.3 is 0 Å². The van der Waals surface area contributed by atoms with Gasteiger partial charge in [-0.25, -0.2) is 4.98 Å². The Morgan fingerprint density at radius 1 is 1.53 bits per heavy atom. The summed E-state index contributed by atoms with van der Waals surface area (Å²) >= 11 is 0. The van der Waals surface area contributed by atoms with Crippen LogP contribution in [0.2, 0.25) is 0 Å². The summed E-state index contributed by atoms with van der Waals surface area (Å²) in [5.74, 6) is 0.444. The summed E-state index contributed by atoms with van der Waals surface area (Å²) in [4.78, 5) is 13.8. The van der Waals surface area contributed by atoms with E-state index in [2.05, 4.69) is 10.3 Å². The second-order valence-corrected chi connectivity index (χ2v) is 3.70. The van der Waals surface area contributed by atoms with Gasteiger partial charge in [0.15, 0.2) is 0 Å². The Morgan fingerprint density at radius 2 is 2.35 bits per heavy atom. The molecule has 1 saturated heterocycles. The lowest BCUT2D eigenvalue weighted by Crippen LogP contribution is -2.37. The molecule has 1 aliphatic heterocycles. The van der Waals surface area contributed by atoms with Gasteiger partial charge in [0.05, 0.1) is 4.92 Å². The molecule has 0 saturated carbocycles. The predicted molar refractivity (Wildman–Crippen MR) is 64.7 cm³/mol. The van der Waals surface area contributed by atoms with Gasteiger partial charge in [-0.2, -0.15) is 0 Å². The smallest absolute Gasteiger partial charge is 0.287 e. The van der Waals surface area contributed by atoms with Crippen molar-refractivity contribution < 1.29 is 9.66 Å². The Hall–Kier alpha value is -1.40. The lowest BCUT2D eigenvalue weighted by atomic mass is 10.1. The molecule has 1 aliphatic rings. The van der Waals surface area contributed by atoms with Crippen LogP contribution in [-0.2, 0) is 0 Å². The summed E-state index contributed by atoms with van der Waals surface area (Å²) in [6.07, 6.45) is 3.40. The normalized spacial score (nSPS) is 19.2. The van der Waals surface area contributed by atoms with Gasteiger partial charge in [0, 0.05) is 18.7 Å². The van der Waals surface area contributed by atoms with Crippen molar-refractivity contribution in [2.75, 3.05) is 13.1 Å². The summed E-state index contributed by atoms with van der Waals surface area (Å²) in [5.41, 5.74) is -0.0193. The second kappa shape index (κ2) is 6.36. The molecule has 1 N–H and O–H groups in total. The van der Waals surface area contributed by atoms with Gasteiger partial charge in [0.25, 0.3) is 5.69 Å². The third-order valence-corrected chi connectivity index (χ3v) is 2.47. The Morgan fingerprint density at radius 3 is 2.88 bits per heavy atom. The number of ether oxygens (including phenoxy) is 1. The quantitative estimate of drug-likeness (QED) is 0.658. The fourth-order valence-electron chi connectivity index (χ4n) is 1.64. The molecule has 17 heavy (non-hydrogen) atoms. The van der Waals surface area contributed by atoms with Crippen LogP contribution in [0.15, 0.2) is 18.3 Å². The van der Waals surface area contributed by atoms with E-state index in [1.54, 1.807) is 0 Å². The van der Waals surface area contributed by atoms with E-state index in [4.69, 9.17) is 4.74 Å². The first-order valence-electron chi connectivity index (χ1n) is 5.23. The van der Waals surface area contributed by atoms with Crippen molar-refractivity contribution >= 4 is 18.1 Å². The van der Waals surface area contributed by atoms with Crippen molar-refractivity contribution in [2.24, 2.45) is 0 Å². The fourth-order valence-corrected chi connectivity index (χ4v) is 1.64. The van der Waals surface area contributed by atoms with Crippen molar-refractivity contribution in [3.8, 4) is 5.88 Å². The van der Waals surface area contributed by atoms with Gasteiger partial charge in [-0.05, 0) is 19.4 Å². The van der Waals surface area contributed by atoms with E-state index in [1.165, 1.54) is 18.3 Å². The molecule has 7 heteroatoms. The largest absolute Gasteiger partial charge is 0.473 e. The van der Waals surface area contributed by atoms with E-state index in [0.29, 0.717) is 5.88 Å². The Labute approximate surface area is 105 Å². The molecule has 0 unspecified atom stereocenters. The Balaban J connectivity index is 0.00000144. The minimum Gasteiger partial charge on any atom is -0.473 e. The van der Waals surface area contributed by atoms with Gasteiger partial charge in [0.2, 0.25) is 5.88 Å². The number of nitrogens with zero attached hydrogens (tertiary/aromatic N) is 2. The second-order valence-electron chi connectivity index (χ2n) is 3.70. The number of pyridine rings is 1. The highest BCUT2D eigenvalue weighted by Crippen LogP contribution is 2.16. The molecule has 0 radical (unpaired) electrons. The van der Waals surface area contributed by atoms with Crippen molar-refractivity contribution in [3.05, 3.63) is 28.4 Å². The molecule has 1 aromatic heterocycles. The summed E-state index contributed by atoms with van der Waals surface area (Å²) in [6, 6.07) is 2.94. The molecule has 1 aromatic rings. The van der Waals surface area contributed by atoms with Crippen LogP contribution in [0.25, 0.3) is 0 Å². The highest BCUT2D eigenvalue weighted by Gasteiger charge is 2.15. The fraction of sp³-hybridized carbons (Fsp3) is 0.500. The van der Waals surface area contributed by atoms with Gasteiger partial charge in [-0.15, -0.1) is 12.4 Å². The van der Waals surface area contributed by atoms with Crippen molar-refractivity contribution in [1.29, 1.82) is 0 Å². The predicted octanol–water partition coefficient (Wildman–Crippen LogP) is 1.54. The average Bonchev–Trinajstić information content (AvgIpc) is 2.31. The number of aromatic nitrogens is 1. The number of hydrogen-bond acceptors (Lipinski definition) is 5.